The van der Waals surface area contributed by atoms with E-state index in [1.54, 1.807) is 6.92 Å². The molecule has 4 N–H and O–H groups in total. The van der Waals surface area contributed by atoms with Gasteiger partial charge in [-0.25, -0.2) is 0 Å². The maximum atomic E-state index is 9.79. The average molecular weight is 165 g/mol. The molecule has 0 aliphatic carbocycles. The first-order chi connectivity index (χ1) is 3.06. The van der Waals surface area contributed by atoms with Gasteiger partial charge < -0.3 is 6.15 Å². The summed E-state index contributed by atoms with van der Waals surface area (Å²) in [7, 11) is -3.67. The molecule has 0 aromatic carbocycles. The van der Waals surface area contributed by atoms with Gasteiger partial charge in [0.25, 0.3) is 10.1 Å². The topological polar surface area (TPSA) is 89.4 Å². The minimum atomic E-state index is -3.67. The van der Waals surface area contributed by atoms with Crippen molar-refractivity contribution in [1.29, 1.82) is 0 Å². The van der Waals surface area contributed by atoms with Crippen LogP contribution < -0.4 is 6.15 Å². The van der Waals surface area contributed by atoms with Gasteiger partial charge in [0.15, 0.2) is 0 Å². The Morgan fingerprint density at radius 1 is 1.44 bits per heavy atom. The second kappa shape index (κ2) is 6.98. The van der Waals surface area contributed by atoms with Gasteiger partial charge >= 0.3 is 29.6 Å². The fourth-order valence-corrected chi connectivity index (χ4v) is 0.774. The Kier molecular flexibility index (Phi) is 12.8. The summed E-state index contributed by atoms with van der Waals surface area (Å²) < 4.78 is 27.6. The molecule has 0 saturated carbocycles. The van der Waals surface area contributed by atoms with Gasteiger partial charge in [-0.05, 0) is 6.42 Å². The summed E-state index contributed by atoms with van der Waals surface area (Å²) in [5.74, 6) is -0.132. The zero-order chi connectivity index (χ0) is 5.91. The summed E-state index contributed by atoms with van der Waals surface area (Å²) in [6, 6.07) is 0. The van der Waals surface area contributed by atoms with Crippen molar-refractivity contribution < 1.29 is 13.0 Å². The fraction of sp³-hybridized carbons (Fsp3) is 1.00. The molecule has 0 amide bonds. The van der Waals surface area contributed by atoms with E-state index < -0.39 is 10.1 Å². The van der Waals surface area contributed by atoms with Crippen LogP contribution in [0.15, 0.2) is 0 Å². The quantitative estimate of drug-likeness (QED) is 0.438. The standard InChI is InChI=1S/C3H8O3S.H3N.Na.H/c1-2-3-7(4,5)6;;;/h2-3H2,1H3,(H,4,5,6);1H3;;. The average Bonchev–Trinajstić information content (AvgIpc) is 1.30. The Bertz CT molecular complexity index is 132. The fourth-order valence-electron chi connectivity index (χ4n) is 0.258. The molecule has 0 aliphatic rings. The van der Waals surface area contributed by atoms with Gasteiger partial charge in [-0.3, -0.25) is 4.55 Å². The monoisotopic (exact) mass is 165 g/mol. The molecule has 4 nitrogen and oxygen atoms in total. The third-order valence-corrected chi connectivity index (χ3v) is 1.39. The Hall–Kier alpha value is 0.870. The van der Waals surface area contributed by atoms with E-state index in [9.17, 15) is 8.42 Å². The van der Waals surface area contributed by atoms with Crippen molar-refractivity contribution in [2.45, 2.75) is 13.3 Å². The molecule has 0 aromatic rings. The molecule has 0 bridgehead atoms. The van der Waals surface area contributed by atoms with Gasteiger partial charge in [-0.1, -0.05) is 6.92 Å². The first kappa shape index (κ1) is 16.5. The molecule has 0 fully saturated rings. The van der Waals surface area contributed by atoms with Crippen molar-refractivity contribution in [2.75, 3.05) is 5.75 Å². The normalized spacial score (nSPS) is 9.11. The predicted molar refractivity (Wildman–Crippen MR) is 38.9 cm³/mol. The van der Waals surface area contributed by atoms with Crippen LogP contribution in [0, 0.1) is 0 Å². The molecule has 0 saturated heterocycles. The zero-order valence-electron chi connectivity index (χ0n) is 4.79. The van der Waals surface area contributed by atoms with E-state index in [2.05, 4.69) is 0 Å². The van der Waals surface area contributed by atoms with Crippen molar-refractivity contribution in [3.63, 3.8) is 0 Å². The van der Waals surface area contributed by atoms with E-state index in [0.717, 1.165) is 0 Å². The van der Waals surface area contributed by atoms with Crippen molar-refractivity contribution in [3.8, 4) is 0 Å². The molecular formula is C3H12NNaO3S. The van der Waals surface area contributed by atoms with Crippen molar-refractivity contribution in [2.24, 2.45) is 0 Å². The van der Waals surface area contributed by atoms with Crippen LogP contribution in [0.4, 0.5) is 0 Å². The van der Waals surface area contributed by atoms with Crippen LogP contribution in [0.25, 0.3) is 0 Å². The summed E-state index contributed by atoms with van der Waals surface area (Å²) in [4.78, 5) is 0. The van der Waals surface area contributed by atoms with E-state index >= 15 is 0 Å². The van der Waals surface area contributed by atoms with Crippen LogP contribution >= 0.6 is 0 Å². The first-order valence-electron chi connectivity index (χ1n) is 2.01. The molecule has 0 aromatic heterocycles. The molecule has 0 rings (SSSR count). The molecular weight excluding hydrogens is 153 g/mol. The molecule has 0 spiro atoms. The molecule has 0 heterocycles. The van der Waals surface area contributed by atoms with Crippen molar-refractivity contribution >= 4 is 39.7 Å². The first-order valence-corrected chi connectivity index (χ1v) is 3.62. The van der Waals surface area contributed by atoms with E-state index in [1.165, 1.54) is 0 Å². The van der Waals surface area contributed by atoms with Gasteiger partial charge in [0.2, 0.25) is 0 Å². The van der Waals surface area contributed by atoms with E-state index in [0.29, 0.717) is 6.42 Å². The molecule has 0 radical (unpaired) electrons. The number of rotatable bonds is 2. The van der Waals surface area contributed by atoms with E-state index in [4.69, 9.17) is 4.55 Å². The predicted octanol–water partition coefficient (Wildman–Crippen LogP) is -0.202. The van der Waals surface area contributed by atoms with Gasteiger partial charge in [0.05, 0.1) is 5.75 Å². The summed E-state index contributed by atoms with van der Waals surface area (Å²) in [6.45, 7) is 1.69. The third kappa shape index (κ3) is 17.7. The number of hydrogen-bond acceptors (Lipinski definition) is 3. The van der Waals surface area contributed by atoms with E-state index in [-0.39, 0.29) is 41.5 Å². The van der Waals surface area contributed by atoms with Gasteiger partial charge in [0, 0.05) is 0 Å². The van der Waals surface area contributed by atoms with Crippen LogP contribution in [-0.4, -0.2) is 48.3 Å². The van der Waals surface area contributed by atoms with E-state index in [1.807, 2.05) is 0 Å². The van der Waals surface area contributed by atoms with Crippen LogP contribution in [0.3, 0.4) is 0 Å². The van der Waals surface area contributed by atoms with Crippen LogP contribution in [0.1, 0.15) is 13.3 Å². The van der Waals surface area contributed by atoms with Crippen LogP contribution in [-0.2, 0) is 10.1 Å². The SMILES string of the molecule is CCCS(=O)(=O)O.N.[NaH]. The van der Waals surface area contributed by atoms with Crippen molar-refractivity contribution in [3.05, 3.63) is 0 Å². The van der Waals surface area contributed by atoms with Crippen LogP contribution in [0.2, 0.25) is 0 Å². The van der Waals surface area contributed by atoms with Gasteiger partial charge in [-0.15, -0.1) is 0 Å². The molecule has 0 unspecified atom stereocenters. The van der Waals surface area contributed by atoms with Crippen molar-refractivity contribution in [1.82, 2.24) is 6.15 Å². The molecule has 0 aliphatic heterocycles. The summed E-state index contributed by atoms with van der Waals surface area (Å²) in [5, 5.41) is 0. The second-order valence-corrected chi connectivity index (χ2v) is 2.86. The Morgan fingerprint density at radius 2 is 1.78 bits per heavy atom. The Morgan fingerprint density at radius 3 is 1.78 bits per heavy atom. The third-order valence-electron chi connectivity index (χ3n) is 0.462. The van der Waals surface area contributed by atoms with Crippen LogP contribution in [0.5, 0.6) is 0 Å². The Balaban J connectivity index is -0.000000180. The minimum absolute atomic E-state index is 0. The molecule has 6 heteroatoms. The molecule has 9 heavy (non-hydrogen) atoms. The van der Waals surface area contributed by atoms with Gasteiger partial charge in [-0.2, -0.15) is 8.42 Å². The zero-order valence-corrected chi connectivity index (χ0v) is 5.61. The molecule has 0 atom stereocenters. The summed E-state index contributed by atoms with van der Waals surface area (Å²) >= 11 is 0. The molecule has 54 valence electrons. The summed E-state index contributed by atoms with van der Waals surface area (Å²) in [6.07, 6.45) is 0.471. The maximum absolute atomic E-state index is 9.79. The second-order valence-electron chi connectivity index (χ2n) is 1.29. The number of hydrogen-bond donors (Lipinski definition) is 2. The Labute approximate surface area is 77.6 Å². The van der Waals surface area contributed by atoms with Gasteiger partial charge in [0.1, 0.15) is 0 Å². The summed E-state index contributed by atoms with van der Waals surface area (Å²) in [5.41, 5.74) is 0.